The number of rotatable bonds is 3. The molecule has 0 saturated carbocycles. The second-order valence-corrected chi connectivity index (χ2v) is 6.00. The predicted molar refractivity (Wildman–Crippen MR) is 76.6 cm³/mol. The van der Waals surface area contributed by atoms with Crippen LogP contribution in [0.15, 0.2) is 5.38 Å². The molecule has 0 bridgehead atoms. The average molecular weight is 293 g/mol. The van der Waals surface area contributed by atoms with Gasteiger partial charge in [0.15, 0.2) is 0 Å². The molecule has 7 heteroatoms. The Balaban J connectivity index is 1.80. The summed E-state index contributed by atoms with van der Waals surface area (Å²) in [7, 11) is 2.01. The smallest absolute Gasteiger partial charge is 0.146 e. The molecule has 2 aromatic rings. The highest BCUT2D eigenvalue weighted by Crippen LogP contribution is 2.28. The fraction of sp³-hybridized carbons (Fsp3) is 0.615. The standard InChI is InChI=1S/C13H19N5OS/c1-9-8-20-13(14-9)11-7-19-5-4-18(11)6-12-16-15-10(2)17(12)3/h8,11H,4-7H2,1-3H3/t11-/m1/s1. The Bertz CT molecular complexity index is 593. The molecule has 0 aliphatic carbocycles. The van der Waals surface area contributed by atoms with Gasteiger partial charge >= 0.3 is 0 Å². The second kappa shape index (κ2) is 5.59. The van der Waals surface area contributed by atoms with E-state index in [2.05, 4.69) is 25.5 Å². The highest BCUT2D eigenvalue weighted by Gasteiger charge is 2.28. The summed E-state index contributed by atoms with van der Waals surface area (Å²) in [6.45, 7) is 7.14. The fourth-order valence-corrected chi connectivity index (χ4v) is 3.27. The maximum atomic E-state index is 5.63. The highest BCUT2D eigenvalue weighted by atomic mass is 32.1. The van der Waals surface area contributed by atoms with Crippen LogP contribution >= 0.6 is 11.3 Å². The SMILES string of the molecule is Cc1csc([C@H]2COCCN2Cc2nnc(C)n2C)n1. The van der Waals surface area contributed by atoms with E-state index < -0.39 is 0 Å². The maximum Gasteiger partial charge on any atom is 0.146 e. The Hall–Kier alpha value is -1.31. The van der Waals surface area contributed by atoms with E-state index in [-0.39, 0.29) is 6.04 Å². The lowest BCUT2D eigenvalue weighted by Crippen LogP contribution is -2.39. The van der Waals surface area contributed by atoms with Crippen LogP contribution in [-0.4, -0.2) is 44.4 Å². The minimum Gasteiger partial charge on any atom is -0.378 e. The van der Waals surface area contributed by atoms with Crippen LogP contribution in [0.3, 0.4) is 0 Å². The molecule has 0 radical (unpaired) electrons. The Labute approximate surface area is 122 Å². The number of ether oxygens (including phenoxy) is 1. The molecule has 3 heterocycles. The fourth-order valence-electron chi connectivity index (χ4n) is 2.35. The third-order valence-corrected chi connectivity index (χ3v) is 4.75. The molecule has 0 spiro atoms. The van der Waals surface area contributed by atoms with Crippen LogP contribution < -0.4 is 0 Å². The Morgan fingerprint density at radius 3 is 2.90 bits per heavy atom. The van der Waals surface area contributed by atoms with E-state index in [1.807, 2.05) is 25.5 Å². The van der Waals surface area contributed by atoms with Crippen molar-refractivity contribution in [1.29, 1.82) is 0 Å². The number of thiazole rings is 1. The van der Waals surface area contributed by atoms with Crippen molar-refractivity contribution in [1.82, 2.24) is 24.6 Å². The molecule has 3 rings (SSSR count). The lowest BCUT2D eigenvalue weighted by atomic mass is 10.2. The molecule has 0 amide bonds. The van der Waals surface area contributed by atoms with Crippen molar-refractivity contribution in [3.63, 3.8) is 0 Å². The monoisotopic (exact) mass is 293 g/mol. The van der Waals surface area contributed by atoms with Crippen LogP contribution in [0.25, 0.3) is 0 Å². The summed E-state index contributed by atoms with van der Waals surface area (Å²) in [6.07, 6.45) is 0. The van der Waals surface area contributed by atoms with Gasteiger partial charge in [-0.15, -0.1) is 21.5 Å². The van der Waals surface area contributed by atoms with E-state index in [0.29, 0.717) is 6.61 Å². The lowest BCUT2D eigenvalue weighted by Gasteiger charge is -2.33. The average Bonchev–Trinajstić information content (AvgIpc) is 3.01. The highest BCUT2D eigenvalue weighted by molar-refractivity contribution is 7.09. The summed E-state index contributed by atoms with van der Waals surface area (Å²) in [4.78, 5) is 6.99. The molecule has 0 aromatic carbocycles. The normalized spacial score (nSPS) is 20.4. The Kier molecular flexibility index (Phi) is 3.82. The predicted octanol–water partition coefficient (Wildman–Crippen LogP) is 1.46. The zero-order valence-corrected chi connectivity index (χ0v) is 12.9. The van der Waals surface area contributed by atoms with Gasteiger partial charge in [0.2, 0.25) is 0 Å². The Morgan fingerprint density at radius 2 is 2.25 bits per heavy atom. The molecule has 108 valence electrons. The molecule has 1 aliphatic rings. The molecule has 1 atom stereocenters. The number of hydrogen-bond acceptors (Lipinski definition) is 6. The zero-order valence-electron chi connectivity index (χ0n) is 12.0. The van der Waals surface area contributed by atoms with Gasteiger partial charge < -0.3 is 9.30 Å². The van der Waals surface area contributed by atoms with E-state index in [4.69, 9.17) is 4.74 Å². The number of hydrogen-bond donors (Lipinski definition) is 0. The third kappa shape index (κ3) is 2.61. The van der Waals surface area contributed by atoms with Crippen molar-refractivity contribution in [3.05, 3.63) is 27.7 Å². The molecule has 1 aliphatic heterocycles. The van der Waals surface area contributed by atoms with Gasteiger partial charge in [-0.3, -0.25) is 4.90 Å². The van der Waals surface area contributed by atoms with Crippen molar-refractivity contribution in [2.75, 3.05) is 19.8 Å². The molecule has 6 nitrogen and oxygen atoms in total. The van der Waals surface area contributed by atoms with Gasteiger partial charge in [-0.1, -0.05) is 0 Å². The largest absolute Gasteiger partial charge is 0.378 e. The summed E-state index contributed by atoms with van der Waals surface area (Å²) in [5.74, 6) is 1.93. The molecule has 0 unspecified atom stereocenters. The summed E-state index contributed by atoms with van der Waals surface area (Å²) < 4.78 is 7.67. The minimum absolute atomic E-state index is 0.222. The van der Waals surface area contributed by atoms with Crippen molar-refractivity contribution in [2.24, 2.45) is 7.05 Å². The van der Waals surface area contributed by atoms with Gasteiger partial charge in [0.1, 0.15) is 16.7 Å². The maximum absolute atomic E-state index is 5.63. The summed E-state index contributed by atoms with van der Waals surface area (Å²) >= 11 is 1.70. The van der Waals surface area contributed by atoms with Gasteiger partial charge in [0.05, 0.1) is 25.8 Å². The molecular formula is C13H19N5OS. The number of aromatic nitrogens is 4. The van der Waals surface area contributed by atoms with Crippen LogP contribution in [0.2, 0.25) is 0 Å². The van der Waals surface area contributed by atoms with Gasteiger partial charge in [-0.25, -0.2) is 4.98 Å². The first-order valence-electron chi connectivity index (χ1n) is 6.74. The summed E-state index contributed by atoms with van der Waals surface area (Å²) in [6, 6.07) is 0.222. The van der Waals surface area contributed by atoms with Crippen LogP contribution in [0.5, 0.6) is 0 Å². The quantitative estimate of drug-likeness (QED) is 0.857. The number of nitrogens with zero attached hydrogens (tertiary/aromatic N) is 5. The van der Waals surface area contributed by atoms with E-state index in [1.54, 1.807) is 11.3 Å². The number of morpholine rings is 1. The minimum atomic E-state index is 0.222. The van der Waals surface area contributed by atoms with Crippen LogP contribution in [0.1, 0.15) is 28.4 Å². The second-order valence-electron chi connectivity index (χ2n) is 5.11. The zero-order chi connectivity index (χ0) is 14.1. The van der Waals surface area contributed by atoms with E-state index in [0.717, 1.165) is 42.0 Å². The van der Waals surface area contributed by atoms with Crippen molar-refractivity contribution in [2.45, 2.75) is 26.4 Å². The van der Waals surface area contributed by atoms with Crippen molar-refractivity contribution >= 4 is 11.3 Å². The first-order chi connectivity index (χ1) is 9.65. The molecule has 1 fully saturated rings. The summed E-state index contributed by atoms with van der Waals surface area (Å²) in [5.41, 5.74) is 1.07. The molecule has 0 N–H and O–H groups in total. The van der Waals surface area contributed by atoms with Gasteiger partial charge in [-0.2, -0.15) is 0 Å². The molecular weight excluding hydrogens is 274 g/mol. The first-order valence-corrected chi connectivity index (χ1v) is 7.62. The molecule has 2 aromatic heterocycles. The van der Waals surface area contributed by atoms with Gasteiger partial charge in [0, 0.05) is 24.7 Å². The van der Waals surface area contributed by atoms with Gasteiger partial charge in [-0.05, 0) is 13.8 Å². The van der Waals surface area contributed by atoms with E-state index in [1.165, 1.54) is 0 Å². The van der Waals surface area contributed by atoms with Crippen molar-refractivity contribution < 1.29 is 4.74 Å². The molecule has 1 saturated heterocycles. The third-order valence-electron chi connectivity index (χ3n) is 3.69. The summed E-state index contributed by atoms with van der Waals surface area (Å²) in [5, 5.41) is 11.6. The van der Waals surface area contributed by atoms with Gasteiger partial charge in [0.25, 0.3) is 0 Å². The van der Waals surface area contributed by atoms with E-state index >= 15 is 0 Å². The van der Waals surface area contributed by atoms with E-state index in [9.17, 15) is 0 Å². The van der Waals surface area contributed by atoms with Crippen LogP contribution in [0, 0.1) is 13.8 Å². The lowest BCUT2D eigenvalue weighted by molar-refractivity contribution is -0.0143. The van der Waals surface area contributed by atoms with Crippen molar-refractivity contribution in [3.8, 4) is 0 Å². The van der Waals surface area contributed by atoms with Crippen LogP contribution in [-0.2, 0) is 18.3 Å². The first kappa shape index (κ1) is 13.7. The topological polar surface area (TPSA) is 56.1 Å². The van der Waals surface area contributed by atoms with Crippen LogP contribution in [0.4, 0.5) is 0 Å². The Morgan fingerprint density at radius 1 is 1.40 bits per heavy atom. The molecule has 20 heavy (non-hydrogen) atoms. The number of aryl methyl sites for hydroxylation is 2.